The van der Waals surface area contributed by atoms with Crippen molar-refractivity contribution in [2.24, 2.45) is 23.2 Å². The average Bonchev–Trinajstić information content (AvgIpc) is 3.57. The summed E-state index contributed by atoms with van der Waals surface area (Å²) in [4.78, 5) is 26.9. The number of methoxy groups -OCH3 is 1. The minimum atomic E-state index is -0.267. The van der Waals surface area contributed by atoms with Crippen molar-refractivity contribution in [3.63, 3.8) is 0 Å². The molecule has 6 atom stereocenters. The van der Waals surface area contributed by atoms with Gasteiger partial charge in [-0.3, -0.25) is 15.0 Å². The fourth-order valence-electron chi connectivity index (χ4n) is 10.4. The van der Waals surface area contributed by atoms with Gasteiger partial charge in [-0.15, -0.1) is 0 Å². The summed E-state index contributed by atoms with van der Waals surface area (Å²) in [6.45, 7) is 7.50. The van der Waals surface area contributed by atoms with Crippen LogP contribution in [-0.4, -0.2) is 58.6 Å². The lowest BCUT2D eigenvalue weighted by Crippen LogP contribution is -2.69. The Kier molecular flexibility index (Phi) is 4.68. The van der Waals surface area contributed by atoms with Gasteiger partial charge in [0, 0.05) is 48.0 Å². The van der Waals surface area contributed by atoms with Gasteiger partial charge in [0.05, 0.1) is 12.0 Å². The number of fused-ring (bicyclic) bond motifs is 1. The lowest BCUT2D eigenvalue weighted by molar-refractivity contribution is -0.385. The molecule has 1 aromatic carbocycles. The number of nitro benzene ring substituents is 1. The van der Waals surface area contributed by atoms with E-state index in [1.807, 2.05) is 6.07 Å². The maximum atomic E-state index is 12.0. The van der Waals surface area contributed by atoms with Crippen molar-refractivity contribution in [3.05, 3.63) is 50.8 Å². The van der Waals surface area contributed by atoms with E-state index in [9.17, 15) is 10.1 Å². The molecule has 8 heteroatoms. The molecule has 38 heavy (non-hydrogen) atoms. The van der Waals surface area contributed by atoms with Crippen molar-refractivity contribution in [2.75, 3.05) is 31.6 Å². The van der Waals surface area contributed by atoms with Crippen molar-refractivity contribution in [1.82, 2.24) is 14.9 Å². The van der Waals surface area contributed by atoms with Gasteiger partial charge >= 0.3 is 5.69 Å². The van der Waals surface area contributed by atoms with Crippen molar-refractivity contribution >= 4 is 11.6 Å². The first kappa shape index (κ1) is 23.2. The van der Waals surface area contributed by atoms with Crippen molar-refractivity contribution in [1.29, 1.82) is 0 Å². The van der Waals surface area contributed by atoms with Crippen LogP contribution in [0.15, 0.2) is 18.2 Å². The summed E-state index contributed by atoms with van der Waals surface area (Å²) in [5.74, 6) is 3.29. The van der Waals surface area contributed by atoms with Gasteiger partial charge in [-0.25, -0.2) is 9.97 Å². The number of nitrogens with zero attached hydrogens (tertiary/aromatic N) is 5. The largest absolute Gasteiger partial charge is 0.490 e. The van der Waals surface area contributed by atoms with E-state index in [1.165, 1.54) is 49.8 Å². The molecule has 5 fully saturated rings. The van der Waals surface area contributed by atoms with Crippen LogP contribution in [0.5, 0.6) is 5.75 Å². The summed E-state index contributed by atoms with van der Waals surface area (Å²) >= 11 is 0. The monoisotopic (exact) mass is 515 g/mol. The summed E-state index contributed by atoms with van der Waals surface area (Å²) in [6.07, 6.45) is 8.45. The zero-order valence-corrected chi connectivity index (χ0v) is 22.7. The Bertz CT molecular complexity index is 1340. The molecule has 0 N–H and O–H groups in total. The van der Waals surface area contributed by atoms with Gasteiger partial charge in [-0.1, -0.05) is 0 Å². The average molecular weight is 516 g/mol. The predicted octanol–water partition coefficient (Wildman–Crippen LogP) is 4.59. The van der Waals surface area contributed by atoms with Crippen LogP contribution in [0.1, 0.15) is 61.0 Å². The second-order valence-corrected chi connectivity index (χ2v) is 13.2. The van der Waals surface area contributed by atoms with Crippen LogP contribution >= 0.6 is 0 Å². The first-order valence-corrected chi connectivity index (χ1v) is 14.5. The first-order chi connectivity index (χ1) is 18.3. The molecule has 2 aromatic rings. The molecule has 4 bridgehead atoms. The molecule has 2 saturated heterocycles. The third kappa shape index (κ3) is 2.85. The minimum absolute atomic E-state index is 0.0366. The van der Waals surface area contributed by atoms with E-state index in [4.69, 9.17) is 14.7 Å². The number of aromatic nitrogens is 2. The zero-order chi connectivity index (χ0) is 26.0. The highest BCUT2D eigenvalue weighted by atomic mass is 16.6. The molecule has 4 aliphatic carbocycles. The molecule has 0 spiro atoms. The molecule has 8 rings (SSSR count). The Labute approximate surface area is 223 Å². The van der Waals surface area contributed by atoms with Gasteiger partial charge in [-0.05, 0) is 112 Å². The fourth-order valence-corrected chi connectivity index (χ4v) is 10.4. The molecule has 3 saturated carbocycles. The highest BCUT2D eigenvalue weighted by Crippen LogP contribution is 2.75. The number of anilines is 1. The molecule has 1 aromatic heterocycles. The third-order valence-electron chi connectivity index (χ3n) is 11.5. The third-order valence-corrected chi connectivity index (χ3v) is 11.5. The van der Waals surface area contributed by atoms with Crippen LogP contribution in [-0.2, 0) is 11.8 Å². The summed E-state index contributed by atoms with van der Waals surface area (Å²) in [7, 11) is 1.57. The predicted molar refractivity (Wildman–Crippen MR) is 144 cm³/mol. The van der Waals surface area contributed by atoms with Crippen LogP contribution in [0.25, 0.3) is 0 Å². The molecule has 2 aliphatic heterocycles. The van der Waals surface area contributed by atoms with Gasteiger partial charge < -0.3 is 9.64 Å². The minimum Gasteiger partial charge on any atom is -0.490 e. The van der Waals surface area contributed by atoms with Gasteiger partial charge in [0.2, 0.25) is 5.95 Å². The number of piperidine rings is 1. The van der Waals surface area contributed by atoms with E-state index in [0.717, 1.165) is 49.2 Å². The van der Waals surface area contributed by atoms with Gasteiger partial charge in [0.15, 0.2) is 5.75 Å². The Balaban J connectivity index is 1.30. The quantitative estimate of drug-likeness (QED) is 0.425. The number of aryl methyl sites for hydroxylation is 2. The van der Waals surface area contributed by atoms with Crippen LogP contribution in [0.4, 0.5) is 11.6 Å². The zero-order valence-electron chi connectivity index (χ0n) is 22.7. The Morgan fingerprint density at radius 3 is 2.63 bits per heavy atom. The van der Waals surface area contributed by atoms with Gasteiger partial charge in [-0.2, -0.15) is 0 Å². The van der Waals surface area contributed by atoms with Crippen molar-refractivity contribution in [2.45, 2.75) is 76.3 Å². The fraction of sp³-hybridized carbons (Fsp3) is 0.667. The Hall–Kier alpha value is -2.74. The number of nitro groups is 1. The number of hydrogen-bond acceptors (Lipinski definition) is 7. The molecule has 8 nitrogen and oxygen atoms in total. The van der Waals surface area contributed by atoms with Gasteiger partial charge in [0.1, 0.15) is 0 Å². The number of likely N-dealkylation sites (tertiary alicyclic amines) is 1. The molecule has 5 unspecified atom stereocenters. The first-order valence-electron chi connectivity index (χ1n) is 14.5. The smallest absolute Gasteiger partial charge is 0.311 e. The topological polar surface area (TPSA) is 84.6 Å². The molecule has 0 amide bonds. The maximum absolute atomic E-state index is 12.0. The van der Waals surface area contributed by atoms with E-state index in [1.54, 1.807) is 7.11 Å². The molecular weight excluding hydrogens is 478 g/mol. The molecule has 200 valence electrons. The van der Waals surface area contributed by atoms with E-state index in [0.29, 0.717) is 29.7 Å². The number of hydrogen-bond donors (Lipinski definition) is 0. The van der Waals surface area contributed by atoms with E-state index < -0.39 is 0 Å². The standard InChI is InChI=1S/C30H37N5O3/c1-17-10-18(2)32-28(31-17)34-16-21-14-29-7-6-23(34)27(21)30(29)8-9-33(15-19-4-5-19)26(29)12-20-11-24(35(36)37)25(38-3)13-22(20)30/h10-11,13,19,21,23,26-27H,4-9,12,14-16H2,1-3H3/t21-,23?,26?,27?,29?,30?/m1/s1. The molecule has 6 aliphatic rings. The molecular formula is C30H37N5O3. The summed E-state index contributed by atoms with van der Waals surface area (Å²) in [6, 6.07) is 6.92. The van der Waals surface area contributed by atoms with Crippen LogP contribution in [0.3, 0.4) is 0 Å². The van der Waals surface area contributed by atoms with E-state index in [-0.39, 0.29) is 21.4 Å². The number of benzene rings is 1. The SMILES string of the molecule is COc1cc2c(cc1[N+](=O)[O-])CC1N(CC3CC3)CCC23C2C4CCC13C[C@@H]2CN4c1nc(C)cc(C)n1. The van der Waals surface area contributed by atoms with Crippen molar-refractivity contribution in [3.8, 4) is 5.75 Å². The summed E-state index contributed by atoms with van der Waals surface area (Å²) in [5, 5.41) is 12.0. The highest BCUT2D eigenvalue weighted by Gasteiger charge is 2.76. The highest BCUT2D eigenvalue weighted by molar-refractivity contribution is 5.59. The Morgan fingerprint density at radius 1 is 1.13 bits per heavy atom. The van der Waals surface area contributed by atoms with Crippen LogP contribution in [0, 0.1) is 47.1 Å². The number of ether oxygens (including phenoxy) is 1. The second-order valence-electron chi connectivity index (χ2n) is 13.2. The van der Waals surface area contributed by atoms with Gasteiger partial charge in [0.25, 0.3) is 0 Å². The van der Waals surface area contributed by atoms with Crippen molar-refractivity contribution < 1.29 is 9.66 Å². The van der Waals surface area contributed by atoms with E-state index in [2.05, 4.69) is 35.8 Å². The summed E-state index contributed by atoms with van der Waals surface area (Å²) < 4.78 is 5.66. The Morgan fingerprint density at radius 2 is 1.92 bits per heavy atom. The van der Waals surface area contributed by atoms with E-state index >= 15 is 0 Å². The maximum Gasteiger partial charge on any atom is 0.311 e. The molecule has 3 heterocycles. The second kappa shape index (κ2) is 7.68. The molecule has 0 radical (unpaired) electrons. The van der Waals surface area contributed by atoms with Crippen LogP contribution < -0.4 is 9.64 Å². The lowest BCUT2D eigenvalue weighted by Gasteiger charge is -2.66. The van der Waals surface area contributed by atoms with Crippen LogP contribution in [0.2, 0.25) is 0 Å². The normalized spacial score (nSPS) is 36.7. The summed E-state index contributed by atoms with van der Waals surface area (Å²) in [5.41, 5.74) is 5.01. The number of rotatable bonds is 5. The lowest BCUT2D eigenvalue weighted by atomic mass is 9.43.